The Bertz CT molecular complexity index is 556. The normalized spacial score (nSPS) is 19.1. The Kier molecular flexibility index (Phi) is 4.88. The van der Waals surface area contributed by atoms with E-state index in [0.29, 0.717) is 11.0 Å². The third kappa shape index (κ3) is 3.21. The minimum absolute atomic E-state index is 0.0217. The lowest BCUT2D eigenvalue weighted by molar-refractivity contribution is -0.142. The molecule has 0 fully saturated rings. The van der Waals surface area contributed by atoms with Crippen molar-refractivity contribution in [2.45, 2.75) is 30.5 Å². The van der Waals surface area contributed by atoms with Gasteiger partial charge < -0.3 is 35.6 Å². The highest BCUT2D eigenvalue weighted by atomic mass is 16.4. The largest absolute Gasteiger partial charge is 0.394 e. The number of aromatic amines is 1. The van der Waals surface area contributed by atoms with E-state index in [9.17, 15) is 25.5 Å². The maximum absolute atomic E-state index is 10.0. The molecule has 0 bridgehead atoms. The number of rotatable bonds is 6. The standard InChI is InChI=1S/C13H18N2O6/c16-5-8(17)9(18)10(19)11(20)12(21)13-14-6-3-1-2-4-7(6)15-13/h1-4,8-12,16-21H,5H2,(H,14,15)/t8-,9-,10-,11-,12-/m1/s1. The first-order chi connectivity index (χ1) is 9.95. The van der Waals surface area contributed by atoms with Gasteiger partial charge in [0.05, 0.1) is 17.6 Å². The predicted octanol–water partition coefficient (Wildman–Crippen LogP) is -1.97. The number of benzene rings is 1. The number of aliphatic hydroxyl groups excluding tert-OH is 6. The van der Waals surface area contributed by atoms with Crippen LogP contribution in [-0.2, 0) is 0 Å². The molecule has 0 aliphatic rings. The van der Waals surface area contributed by atoms with Gasteiger partial charge in [-0.15, -0.1) is 0 Å². The highest BCUT2D eigenvalue weighted by molar-refractivity contribution is 5.74. The van der Waals surface area contributed by atoms with Gasteiger partial charge in [0.25, 0.3) is 0 Å². The van der Waals surface area contributed by atoms with Gasteiger partial charge in [-0.25, -0.2) is 4.98 Å². The van der Waals surface area contributed by atoms with Crippen LogP contribution in [0.1, 0.15) is 11.9 Å². The number of H-pyrrole nitrogens is 1. The van der Waals surface area contributed by atoms with Crippen molar-refractivity contribution < 1.29 is 30.6 Å². The van der Waals surface area contributed by atoms with Crippen LogP contribution in [0, 0.1) is 0 Å². The summed E-state index contributed by atoms with van der Waals surface area (Å²) in [6, 6.07) is 6.95. The fourth-order valence-corrected chi connectivity index (χ4v) is 2.00. The van der Waals surface area contributed by atoms with Crippen LogP contribution in [0.25, 0.3) is 11.0 Å². The van der Waals surface area contributed by atoms with E-state index in [2.05, 4.69) is 9.97 Å². The molecule has 0 saturated heterocycles. The highest BCUT2D eigenvalue weighted by Gasteiger charge is 2.35. The number of para-hydroxylation sites is 2. The molecule has 21 heavy (non-hydrogen) atoms. The second-order valence-corrected chi connectivity index (χ2v) is 4.81. The van der Waals surface area contributed by atoms with Crippen molar-refractivity contribution in [3.8, 4) is 0 Å². The topological polar surface area (TPSA) is 150 Å². The molecule has 0 aliphatic carbocycles. The monoisotopic (exact) mass is 298 g/mol. The lowest BCUT2D eigenvalue weighted by Gasteiger charge is -2.27. The molecule has 5 atom stereocenters. The number of aliphatic hydroxyl groups is 6. The van der Waals surface area contributed by atoms with Gasteiger partial charge in [0.15, 0.2) is 0 Å². The van der Waals surface area contributed by atoms with E-state index >= 15 is 0 Å². The number of hydrogen-bond acceptors (Lipinski definition) is 7. The minimum atomic E-state index is -1.85. The number of hydrogen-bond donors (Lipinski definition) is 7. The molecule has 0 spiro atoms. The summed E-state index contributed by atoms with van der Waals surface area (Å²) >= 11 is 0. The summed E-state index contributed by atoms with van der Waals surface area (Å²) in [6.07, 6.45) is -8.66. The molecule has 8 heteroatoms. The maximum atomic E-state index is 10.0. The third-order valence-corrected chi connectivity index (χ3v) is 3.29. The van der Waals surface area contributed by atoms with Crippen LogP contribution < -0.4 is 0 Å². The summed E-state index contributed by atoms with van der Waals surface area (Å²) < 4.78 is 0. The zero-order valence-corrected chi connectivity index (χ0v) is 11.0. The van der Waals surface area contributed by atoms with Crippen LogP contribution in [0.4, 0.5) is 0 Å². The van der Waals surface area contributed by atoms with Gasteiger partial charge in [-0.3, -0.25) is 0 Å². The first-order valence-electron chi connectivity index (χ1n) is 6.41. The van der Waals surface area contributed by atoms with Gasteiger partial charge in [-0.2, -0.15) is 0 Å². The molecule has 0 amide bonds. The summed E-state index contributed by atoms with van der Waals surface area (Å²) in [6.45, 7) is -0.786. The van der Waals surface area contributed by atoms with Gasteiger partial charge in [0, 0.05) is 0 Å². The van der Waals surface area contributed by atoms with E-state index in [-0.39, 0.29) is 5.82 Å². The lowest BCUT2D eigenvalue weighted by atomic mass is 9.99. The number of imidazole rings is 1. The fraction of sp³-hybridized carbons (Fsp3) is 0.462. The molecule has 0 aliphatic heterocycles. The molecular weight excluding hydrogens is 280 g/mol. The maximum Gasteiger partial charge on any atom is 0.140 e. The van der Waals surface area contributed by atoms with Crippen LogP contribution in [0.3, 0.4) is 0 Å². The van der Waals surface area contributed by atoms with Crippen molar-refractivity contribution in [3.05, 3.63) is 30.1 Å². The molecule has 0 radical (unpaired) electrons. The highest BCUT2D eigenvalue weighted by Crippen LogP contribution is 2.21. The fourth-order valence-electron chi connectivity index (χ4n) is 2.00. The SMILES string of the molecule is OC[C@@H](O)[C@@H](O)[C@@H](O)[C@@H](O)[C@@H](O)c1nc2ccccc2[nH]1. The Hall–Kier alpha value is -1.55. The summed E-state index contributed by atoms with van der Waals surface area (Å²) in [5, 5.41) is 57.1. The zero-order chi connectivity index (χ0) is 15.6. The second-order valence-electron chi connectivity index (χ2n) is 4.81. The molecule has 8 nitrogen and oxygen atoms in total. The quantitative estimate of drug-likeness (QED) is 0.327. The van der Waals surface area contributed by atoms with Gasteiger partial charge in [0.2, 0.25) is 0 Å². The number of nitrogens with one attached hydrogen (secondary N) is 1. The molecule has 116 valence electrons. The van der Waals surface area contributed by atoms with Crippen molar-refractivity contribution in [2.24, 2.45) is 0 Å². The summed E-state index contributed by atoms with van der Waals surface area (Å²) in [5.74, 6) is 0.0217. The second kappa shape index (κ2) is 6.48. The molecule has 2 rings (SSSR count). The van der Waals surface area contributed by atoms with Crippen molar-refractivity contribution >= 4 is 11.0 Å². The van der Waals surface area contributed by atoms with E-state index in [1.54, 1.807) is 24.3 Å². The first kappa shape index (κ1) is 15.8. The van der Waals surface area contributed by atoms with E-state index in [1.807, 2.05) is 0 Å². The molecule has 1 heterocycles. The van der Waals surface area contributed by atoms with Crippen molar-refractivity contribution in [2.75, 3.05) is 6.61 Å². The van der Waals surface area contributed by atoms with E-state index in [4.69, 9.17) is 5.11 Å². The van der Waals surface area contributed by atoms with Crippen LogP contribution in [0.2, 0.25) is 0 Å². The van der Waals surface area contributed by atoms with Crippen LogP contribution in [0.15, 0.2) is 24.3 Å². The van der Waals surface area contributed by atoms with Crippen molar-refractivity contribution in [1.82, 2.24) is 9.97 Å². The summed E-state index contributed by atoms with van der Waals surface area (Å²) in [4.78, 5) is 6.86. The summed E-state index contributed by atoms with van der Waals surface area (Å²) in [5.41, 5.74) is 1.22. The van der Waals surface area contributed by atoms with E-state index < -0.39 is 37.1 Å². The molecule has 0 unspecified atom stereocenters. The van der Waals surface area contributed by atoms with Crippen LogP contribution in [0.5, 0.6) is 0 Å². The molecule has 2 aromatic rings. The third-order valence-electron chi connectivity index (χ3n) is 3.29. The minimum Gasteiger partial charge on any atom is -0.394 e. The van der Waals surface area contributed by atoms with E-state index in [0.717, 1.165) is 0 Å². The van der Waals surface area contributed by atoms with Gasteiger partial charge in [-0.1, -0.05) is 12.1 Å². The van der Waals surface area contributed by atoms with Gasteiger partial charge in [-0.05, 0) is 12.1 Å². The van der Waals surface area contributed by atoms with Crippen molar-refractivity contribution in [3.63, 3.8) is 0 Å². The van der Waals surface area contributed by atoms with Gasteiger partial charge in [0.1, 0.15) is 36.3 Å². The Labute approximate surface area is 119 Å². The average molecular weight is 298 g/mol. The Morgan fingerprint density at radius 3 is 2.24 bits per heavy atom. The number of fused-ring (bicyclic) bond motifs is 1. The average Bonchev–Trinajstić information content (AvgIpc) is 2.95. The molecule has 0 saturated carbocycles. The predicted molar refractivity (Wildman–Crippen MR) is 72.2 cm³/mol. The van der Waals surface area contributed by atoms with Crippen molar-refractivity contribution in [1.29, 1.82) is 0 Å². The Morgan fingerprint density at radius 1 is 0.952 bits per heavy atom. The van der Waals surface area contributed by atoms with Crippen LogP contribution in [-0.4, -0.2) is 71.6 Å². The Balaban J connectivity index is 2.16. The molecule has 7 N–H and O–H groups in total. The van der Waals surface area contributed by atoms with Crippen LogP contribution >= 0.6 is 0 Å². The number of aromatic nitrogens is 2. The Morgan fingerprint density at radius 2 is 1.62 bits per heavy atom. The molecular formula is C13H18N2O6. The summed E-state index contributed by atoms with van der Waals surface area (Å²) in [7, 11) is 0. The zero-order valence-electron chi connectivity index (χ0n) is 11.0. The first-order valence-corrected chi connectivity index (χ1v) is 6.41. The number of nitrogens with zero attached hydrogens (tertiary/aromatic N) is 1. The van der Waals surface area contributed by atoms with E-state index in [1.165, 1.54) is 0 Å². The molecule has 1 aromatic carbocycles. The smallest absolute Gasteiger partial charge is 0.140 e. The lowest BCUT2D eigenvalue weighted by Crippen LogP contribution is -2.47. The molecule has 1 aromatic heterocycles. The van der Waals surface area contributed by atoms with Gasteiger partial charge >= 0.3 is 0 Å².